The molecule has 0 spiro atoms. The van der Waals surface area contributed by atoms with E-state index in [0.717, 1.165) is 23.5 Å². The van der Waals surface area contributed by atoms with Gasteiger partial charge in [-0.2, -0.15) is 0 Å². The fraction of sp³-hybridized carbons (Fsp3) is 0.450. The molecule has 29 heavy (non-hydrogen) atoms. The Morgan fingerprint density at radius 3 is 2.69 bits per heavy atom. The van der Waals surface area contributed by atoms with Crippen LogP contribution < -0.4 is 39.6 Å². The molecule has 0 atom stereocenters. The molecule has 1 aromatic carbocycles. The van der Waals surface area contributed by atoms with Gasteiger partial charge in [-0.15, -0.1) is 0 Å². The first kappa shape index (κ1) is 23.3. The van der Waals surface area contributed by atoms with E-state index in [-0.39, 0.29) is 56.3 Å². The minimum atomic E-state index is -1.23. The van der Waals surface area contributed by atoms with Gasteiger partial charge in [0.15, 0.2) is 0 Å². The van der Waals surface area contributed by atoms with E-state index in [4.69, 9.17) is 9.84 Å². The fourth-order valence-corrected chi connectivity index (χ4v) is 3.06. The molecule has 1 heterocycles. The van der Waals surface area contributed by atoms with Crippen molar-refractivity contribution in [2.75, 3.05) is 19.7 Å². The van der Waals surface area contributed by atoms with Crippen LogP contribution in [0.25, 0.3) is 0 Å². The van der Waals surface area contributed by atoms with Crippen LogP contribution in [-0.4, -0.2) is 52.6 Å². The number of aliphatic carboxylic acids is 1. The minimum absolute atomic E-state index is 0. The van der Waals surface area contributed by atoms with Crippen molar-refractivity contribution in [2.45, 2.75) is 32.7 Å². The van der Waals surface area contributed by atoms with Crippen molar-refractivity contribution < 1.29 is 60.3 Å². The summed E-state index contributed by atoms with van der Waals surface area (Å²) in [5.41, 5.74) is 1.46. The molecule has 0 radical (unpaired) electrons. The predicted molar refractivity (Wildman–Crippen MR) is 101 cm³/mol. The Hall–Kier alpha value is -2.03. The van der Waals surface area contributed by atoms with Crippen molar-refractivity contribution in [1.82, 2.24) is 10.2 Å². The second-order valence-corrected chi connectivity index (χ2v) is 7.23. The first-order valence-electron chi connectivity index (χ1n) is 9.29. The van der Waals surface area contributed by atoms with Gasteiger partial charge in [-0.3, -0.25) is 14.4 Å². The molecule has 9 heteroatoms. The van der Waals surface area contributed by atoms with E-state index >= 15 is 0 Å². The van der Waals surface area contributed by atoms with Gasteiger partial charge in [0.25, 0.3) is 11.8 Å². The van der Waals surface area contributed by atoms with Crippen LogP contribution in [-0.2, 0) is 20.9 Å². The topological polar surface area (TPSA) is 116 Å². The number of nitrogens with one attached hydrogen (secondary N) is 1. The summed E-state index contributed by atoms with van der Waals surface area (Å²) in [5, 5.41) is 20.7. The quantitative estimate of drug-likeness (QED) is 0.359. The molecule has 1 fully saturated rings. The molecule has 2 aliphatic rings. The average molecular weight is 412 g/mol. The van der Waals surface area contributed by atoms with Gasteiger partial charge in [0.2, 0.25) is 0 Å². The third kappa shape index (κ3) is 6.22. The van der Waals surface area contributed by atoms with Crippen LogP contribution in [0.15, 0.2) is 29.5 Å². The summed E-state index contributed by atoms with van der Waals surface area (Å²) in [4.78, 5) is 36.8. The van der Waals surface area contributed by atoms with Crippen molar-refractivity contribution in [3.8, 4) is 5.75 Å². The predicted octanol–water partition coefficient (Wildman–Crippen LogP) is -1.35. The van der Waals surface area contributed by atoms with Crippen LogP contribution >= 0.6 is 0 Å². The SMILES string of the molecule is Cc1cc(CN2CCC(O)=C(C(=O)NCC(=O)O)C2=O)ccc1OCC1CC1.[H-].[Na+]. The summed E-state index contributed by atoms with van der Waals surface area (Å²) in [5.74, 6) is -1.55. The monoisotopic (exact) mass is 412 g/mol. The maximum atomic E-state index is 12.6. The molecule has 0 unspecified atom stereocenters. The number of carboxylic acids is 1. The third-order valence-electron chi connectivity index (χ3n) is 4.82. The van der Waals surface area contributed by atoms with Gasteiger partial charge in [0.1, 0.15) is 23.6 Å². The molecule has 0 bridgehead atoms. The Morgan fingerprint density at radius 2 is 2.07 bits per heavy atom. The molecule has 152 valence electrons. The van der Waals surface area contributed by atoms with Gasteiger partial charge in [-0.1, -0.05) is 12.1 Å². The van der Waals surface area contributed by atoms with Gasteiger partial charge < -0.3 is 26.6 Å². The Bertz CT molecular complexity index is 841. The van der Waals surface area contributed by atoms with Crippen molar-refractivity contribution in [1.29, 1.82) is 0 Å². The maximum Gasteiger partial charge on any atom is 1.00 e. The molecule has 3 N–H and O–H groups in total. The molecule has 1 aliphatic heterocycles. The van der Waals surface area contributed by atoms with Gasteiger partial charge >= 0.3 is 35.5 Å². The largest absolute Gasteiger partial charge is 1.00 e. The van der Waals surface area contributed by atoms with Crippen molar-refractivity contribution in [2.24, 2.45) is 5.92 Å². The van der Waals surface area contributed by atoms with Crippen molar-refractivity contribution in [3.05, 3.63) is 40.7 Å². The van der Waals surface area contributed by atoms with E-state index < -0.39 is 29.9 Å². The molecule has 1 aliphatic carbocycles. The van der Waals surface area contributed by atoms with Crippen LogP contribution in [0, 0.1) is 12.8 Å². The minimum Gasteiger partial charge on any atom is -1.00 e. The average Bonchev–Trinajstić information content (AvgIpc) is 3.46. The second kappa shape index (κ2) is 10.1. The first-order valence-corrected chi connectivity index (χ1v) is 9.29. The molecule has 8 nitrogen and oxygen atoms in total. The molecule has 1 saturated carbocycles. The number of nitrogens with zero attached hydrogens (tertiary/aromatic N) is 1. The Kier molecular flexibility index (Phi) is 8.13. The van der Waals surface area contributed by atoms with E-state index in [1.54, 1.807) is 0 Å². The zero-order valence-corrected chi connectivity index (χ0v) is 18.7. The zero-order chi connectivity index (χ0) is 20.3. The van der Waals surface area contributed by atoms with Crippen LogP contribution in [0.1, 0.15) is 31.8 Å². The van der Waals surface area contributed by atoms with E-state index in [2.05, 4.69) is 5.32 Å². The summed E-state index contributed by atoms with van der Waals surface area (Å²) in [7, 11) is 0. The number of amides is 2. The molecule has 1 aromatic rings. The van der Waals surface area contributed by atoms with Gasteiger partial charge in [-0.25, -0.2) is 0 Å². The number of aliphatic hydroxyl groups excluding tert-OH is 1. The number of rotatable bonds is 8. The summed E-state index contributed by atoms with van der Waals surface area (Å²) in [6.45, 7) is 2.61. The number of carboxylic acid groups (broad SMARTS) is 1. The Balaban J connectivity index is 0.00000225. The van der Waals surface area contributed by atoms with E-state index in [0.29, 0.717) is 5.92 Å². The Morgan fingerprint density at radius 1 is 1.34 bits per heavy atom. The standard InChI is InChI=1S/C20H24N2O6.Na.H/c1-12-8-14(4-5-16(12)28-11-13-2-3-13)10-22-7-6-15(23)18(20(22)27)19(26)21-9-17(24)25;;/h4-5,8,13,23H,2-3,6-7,9-11H2,1H3,(H,21,26)(H,24,25);;/q;+1;-1. The molecule has 3 rings (SSSR count). The van der Waals surface area contributed by atoms with Crippen molar-refractivity contribution in [3.63, 3.8) is 0 Å². The van der Waals surface area contributed by atoms with Gasteiger partial charge in [0.05, 0.1) is 6.61 Å². The number of hydrogen-bond acceptors (Lipinski definition) is 5. The number of hydrogen-bond donors (Lipinski definition) is 3. The van der Waals surface area contributed by atoms with Crippen LogP contribution in [0.2, 0.25) is 0 Å². The molecule has 0 saturated heterocycles. The smallest absolute Gasteiger partial charge is 1.00 e. The number of ether oxygens (including phenoxy) is 1. The second-order valence-electron chi connectivity index (χ2n) is 7.23. The summed E-state index contributed by atoms with van der Waals surface area (Å²) < 4.78 is 5.81. The van der Waals surface area contributed by atoms with Gasteiger partial charge in [0, 0.05) is 19.5 Å². The molecular weight excluding hydrogens is 387 g/mol. The van der Waals surface area contributed by atoms with Crippen molar-refractivity contribution >= 4 is 17.8 Å². The summed E-state index contributed by atoms with van der Waals surface area (Å²) in [6.07, 6.45) is 2.58. The summed E-state index contributed by atoms with van der Waals surface area (Å²) >= 11 is 0. The number of carbonyl (C=O) groups is 3. The van der Waals surface area contributed by atoms with Crippen LogP contribution in [0.4, 0.5) is 0 Å². The summed E-state index contributed by atoms with van der Waals surface area (Å²) in [6, 6.07) is 5.71. The van der Waals surface area contributed by atoms with Crippen LogP contribution in [0.5, 0.6) is 5.75 Å². The zero-order valence-electron chi connectivity index (χ0n) is 17.7. The molecule has 0 aromatic heterocycles. The maximum absolute atomic E-state index is 12.6. The number of aryl methyl sites for hydroxylation is 1. The van der Waals surface area contributed by atoms with E-state index in [9.17, 15) is 19.5 Å². The molecule has 2 amide bonds. The number of aliphatic hydroxyl groups is 1. The van der Waals surface area contributed by atoms with Gasteiger partial charge in [-0.05, 0) is 42.9 Å². The Labute approximate surface area is 192 Å². The third-order valence-corrected chi connectivity index (χ3v) is 4.82. The first-order chi connectivity index (χ1) is 13.3. The number of carbonyl (C=O) groups excluding carboxylic acids is 2. The number of benzene rings is 1. The van der Waals surface area contributed by atoms with Crippen LogP contribution in [0.3, 0.4) is 0 Å². The normalized spacial score (nSPS) is 16.3. The van der Waals surface area contributed by atoms with E-state index in [1.165, 1.54) is 17.7 Å². The molecular formula is C20H25N2NaO6. The van der Waals surface area contributed by atoms with E-state index in [1.807, 2.05) is 25.1 Å². The fourth-order valence-electron chi connectivity index (χ4n) is 3.06.